The van der Waals surface area contributed by atoms with Crippen molar-refractivity contribution in [2.45, 2.75) is 0 Å². The van der Waals surface area contributed by atoms with Gasteiger partial charge in [0.1, 0.15) is 5.75 Å². The predicted octanol–water partition coefficient (Wildman–Crippen LogP) is 3.75. The molecule has 0 aromatic heterocycles. The molecule has 0 radical (unpaired) electrons. The molecule has 1 aliphatic rings. The van der Waals surface area contributed by atoms with Gasteiger partial charge in [-0.1, -0.05) is 18.2 Å². The third-order valence-corrected chi connectivity index (χ3v) is 4.51. The molecule has 0 saturated carbocycles. The zero-order chi connectivity index (χ0) is 19.7. The molecule has 0 atom stereocenters. The second-order valence-corrected chi connectivity index (χ2v) is 6.22. The molecule has 6 heteroatoms. The Bertz CT molecular complexity index is 1080. The fourth-order valence-corrected chi connectivity index (χ4v) is 3.08. The molecule has 28 heavy (non-hydrogen) atoms. The molecular weight excluding hydrogens is 356 g/mol. The van der Waals surface area contributed by atoms with Crippen LogP contribution in [0.4, 0.5) is 11.4 Å². The van der Waals surface area contributed by atoms with Crippen molar-refractivity contribution in [2.75, 3.05) is 17.3 Å². The van der Waals surface area contributed by atoms with Crippen molar-refractivity contribution in [3.05, 3.63) is 89.5 Å². The minimum absolute atomic E-state index is 0.256. The Hall–Kier alpha value is -3.93. The lowest BCUT2D eigenvalue weighted by atomic mass is 10.1. The third-order valence-electron chi connectivity index (χ3n) is 4.51. The smallest absolute Gasteiger partial charge is 0.266 e. The number of ether oxygens (including phenoxy) is 1. The van der Waals surface area contributed by atoms with Crippen molar-refractivity contribution < 1.29 is 19.1 Å². The first-order valence-corrected chi connectivity index (χ1v) is 8.62. The van der Waals surface area contributed by atoms with Gasteiger partial charge < -0.3 is 10.1 Å². The van der Waals surface area contributed by atoms with Gasteiger partial charge in [0.05, 0.1) is 23.9 Å². The highest BCUT2D eigenvalue weighted by Crippen LogP contribution is 2.31. The van der Waals surface area contributed by atoms with Crippen LogP contribution in [-0.4, -0.2) is 24.8 Å². The van der Waals surface area contributed by atoms with E-state index in [4.69, 9.17) is 4.74 Å². The average molecular weight is 372 g/mol. The molecule has 0 fully saturated rings. The van der Waals surface area contributed by atoms with E-state index in [2.05, 4.69) is 5.32 Å². The summed E-state index contributed by atoms with van der Waals surface area (Å²) in [5.74, 6) is -0.484. The Morgan fingerprint density at radius 3 is 2.21 bits per heavy atom. The Balaban J connectivity index is 1.61. The number of fused-ring (bicyclic) bond motifs is 1. The number of rotatable bonds is 4. The van der Waals surface area contributed by atoms with E-state index in [1.54, 1.807) is 67.8 Å². The number of nitrogens with one attached hydrogen (secondary N) is 1. The van der Waals surface area contributed by atoms with Crippen LogP contribution >= 0.6 is 0 Å². The summed E-state index contributed by atoms with van der Waals surface area (Å²) in [6.07, 6.45) is 0. The minimum atomic E-state index is -0.430. The van der Waals surface area contributed by atoms with Crippen LogP contribution in [-0.2, 0) is 0 Å². The predicted molar refractivity (Wildman–Crippen MR) is 105 cm³/mol. The van der Waals surface area contributed by atoms with Crippen LogP contribution < -0.4 is 15.0 Å². The van der Waals surface area contributed by atoms with E-state index >= 15 is 0 Å². The maximum atomic E-state index is 12.8. The number of carbonyl (C=O) groups excluding carboxylic acids is 3. The number of hydrogen-bond acceptors (Lipinski definition) is 4. The fourth-order valence-electron chi connectivity index (χ4n) is 3.08. The van der Waals surface area contributed by atoms with Gasteiger partial charge in [0, 0.05) is 11.3 Å². The highest BCUT2D eigenvalue weighted by molar-refractivity contribution is 6.34. The minimum Gasteiger partial charge on any atom is -0.497 e. The van der Waals surface area contributed by atoms with Crippen molar-refractivity contribution in [1.29, 1.82) is 0 Å². The number of methoxy groups -OCH3 is 1. The summed E-state index contributed by atoms with van der Waals surface area (Å²) in [5, 5.41) is 2.76. The lowest BCUT2D eigenvalue weighted by Gasteiger charge is -2.14. The van der Waals surface area contributed by atoms with Gasteiger partial charge in [-0.25, -0.2) is 4.90 Å². The van der Waals surface area contributed by atoms with E-state index < -0.39 is 11.8 Å². The van der Waals surface area contributed by atoms with Crippen LogP contribution in [0.3, 0.4) is 0 Å². The molecule has 4 rings (SSSR count). The highest BCUT2D eigenvalue weighted by atomic mass is 16.5. The quantitative estimate of drug-likeness (QED) is 0.708. The van der Waals surface area contributed by atoms with Gasteiger partial charge in [-0.15, -0.1) is 0 Å². The first-order chi connectivity index (χ1) is 13.6. The molecule has 3 aromatic rings. The van der Waals surface area contributed by atoms with Gasteiger partial charge in [-0.3, -0.25) is 14.4 Å². The summed E-state index contributed by atoms with van der Waals surface area (Å²) < 4.78 is 5.11. The molecule has 138 valence electrons. The molecule has 1 aliphatic heterocycles. The van der Waals surface area contributed by atoms with E-state index in [0.29, 0.717) is 28.3 Å². The molecule has 1 N–H and O–H groups in total. The van der Waals surface area contributed by atoms with Crippen molar-refractivity contribution in [3.8, 4) is 5.75 Å². The monoisotopic (exact) mass is 372 g/mol. The molecule has 0 unspecified atom stereocenters. The van der Waals surface area contributed by atoms with Gasteiger partial charge in [-0.2, -0.15) is 0 Å². The van der Waals surface area contributed by atoms with E-state index in [9.17, 15) is 14.4 Å². The second-order valence-electron chi connectivity index (χ2n) is 6.22. The topological polar surface area (TPSA) is 75.7 Å². The Morgan fingerprint density at radius 2 is 1.54 bits per heavy atom. The zero-order valence-electron chi connectivity index (χ0n) is 15.0. The SMILES string of the molecule is COc1ccc(N2C(=O)c3ccc(NC(=O)c4ccccc4)cc3C2=O)cc1. The van der Waals surface area contributed by atoms with Crippen LogP contribution in [0.25, 0.3) is 0 Å². The van der Waals surface area contributed by atoms with Crippen molar-refractivity contribution in [3.63, 3.8) is 0 Å². The first-order valence-electron chi connectivity index (χ1n) is 8.62. The van der Waals surface area contributed by atoms with E-state index in [1.807, 2.05) is 6.07 Å². The zero-order valence-corrected chi connectivity index (χ0v) is 15.0. The number of benzene rings is 3. The highest BCUT2D eigenvalue weighted by Gasteiger charge is 2.36. The molecule has 1 heterocycles. The number of nitrogens with zero attached hydrogens (tertiary/aromatic N) is 1. The summed E-state index contributed by atoms with van der Waals surface area (Å²) in [4.78, 5) is 39.0. The van der Waals surface area contributed by atoms with Crippen LogP contribution in [0.15, 0.2) is 72.8 Å². The summed E-state index contributed by atoms with van der Waals surface area (Å²) in [6, 6.07) is 20.1. The standard InChI is InChI=1S/C22H16N2O4/c1-28-17-10-8-16(9-11-17)24-21(26)18-12-7-15(13-19(18)22(24)27)23-20(25)14-5-3-2-4-6-14/h2-13H,1H3,(H,23,25). The fraction of sp³-hybridized carbons (Fsp3) is 0.0455. The molecule has 0 bridgehead atoms. The van der Waals surface area contributed by atoms with Gasteiger partial charge in [0.15, 0.2) is 0 Å². The number of hydrogen-bond donors (Lipinski definition) is 1. The largest absolute Gasteiger partial charge is 0.497 e. The molecular formula is C22H16N2O4. The van der Waals surface area contributed by atoms with Gasteiger partial charge in [0.2, 0.25) is 0 Å². The maximum Gasteiger partial charge on any atom is 0.266 e. The first kappa shape index (κ1) is 17.5. The van der Waals surface area contributed by atoms with Crippen LogP contribution in [0, 0.1) is 0 Å². The van der Waals surface area contributed by atoms with Crippen molar-refractivity contribution >= 4 is 29.1 Å². The number of anilines is 2. The van der Waals surface area contributed by atoms with Gasteiger partial charge >= 0.3 is 0 Å². The lowest BCUT2D eigenvalue weighted by Crippen LogP contribution is -2.29. The van der Waals surface area contributed by atoms with Gasteiger partial charge in [0.25, 0.3) is 17.7 Å². The number of carbonyl (C=O) groups is 3. The Kier molecular flexibility index (Phi) is 4.37. The van der Waals surface area contributed by atoms with Gasteiger partial charge in [-0.05, 0) is 54.6 Å². The summed E-state index contributed by atoms with van der Waals surface area (Å²) in [7, 11) is 1.54. The van der Waals surface area contributed by atoms with Crippen molar-refractivity contribution in [1.82, 2.24) is 0 Å². The third kappa shape index (κ3) is 3.01. The lowest BCUT2D eigenvalue weighted by molar-refractivity contribution is 0.0924. The second kappa shape index (κ2) is 7.00. The van der Waals surface area contributed by atoms with Crippen LogP contribution in [0.5, 0.6) is 5.75 Å². The maximum absolute atomic E-state index is 12.8. The van der Waals surface area contributed by atoms with Crippen LogP contribution in [0.2, 0.25) is 0 Å². The summed E-state index contributed by atoms with van der Waals surface area (Å²) in [5.41, 5.74) is 1.97. The molecule has 3 aromatic carbocycles. The average Bonchev–Trinajstić information content (AvgIpc) is 2.98. The van der Waals surface area contributed by atoms with E-state index in [1.165, 1.54) is 6.07 Å². The molecule has 0 spiro atoms. The molecule has 0 saturated heterocycles. The summed E-state index contributed by atoms with van der Waals surface area (Å²) in [6.45, 7) is 0. The summed E-state index contributed by atoms with van der Waals surface area (Å²) >= 11 is 0. The van der Waals surface area contributed by atoms with Crippen molar-refractivity contribution in [2.24, 2.45) is 0 Å². The normalized spacial score (nSPS) is 12.7. The molecule has 6 nitrogen and oxygen atoms in total. The molecule has 0 aliphatic carbocycles. The molecule has 3 amide bonds. The number of amides is 3. The van der Waals surface area contributed by atoms with E-state index in [0.717, 1.165) is 4.90 Å². The number of imide groups is 1. The van der Waals surface area contributed by atoms with E-state index in [-0.39, 0.29) is 11.5 Å². The van der Waals surface area contributed by atoms with Crippen LogP contribution in [0.1, 0.15) is 31.1 Å². The Labute approximate surface area is 161 Å². The Morgan fingerprint density at radius 1 is 0.857 bits per heavy atom.